The molecular formula is C11H16O4. The molecule has 1 aromatic carbocycles. The lowest BCUT2D eigenvalue weighted by molar-refractivity contribution is -0.0755. The van der Waals surface area contributed by atoms with E-state index in [1.165, 1.54) is 0 Å². The maximum atomic E-state index is 9.55. The fraction of sp³-hybridized carbons (Fsp3) is 0.455. The summed E-state index contributed by atoms with van der Waals surface area (Å²) in [5.41, 5.74) is 0.870. The van der Waals surface area contributed by atoms with Crippen molar-refractivity contribution in [2.24, 2.45) is 0 Å². The van der Waals surface area contributed by atoms with E-state index in [1.54, 1.807) is 0 Å². The molecule has 0 fully saturated rings. The Kier molecular flexibility index (Phi) is 4.71. The van der Waals surface area contributed by atoms with Gasteiger partial charge in [-0.3, -0.25) is 0 Å². The zero-order valence-electron chi connectivity index (χ0n) is 8.32. The van der Waals surface area contributed by atoms with Crippen LogP contribution in [0.1, 0.15) is 5.56 Å². The molecule has 0 amide bonds. The molecule has 15 heavy (non-hydrogen) atoms. The van der Waals surface area contributed by atoms with Crippen LogP contribution in [0.4, 0.5) is 0 Å². The molecule has 1 rings (SSSR count). The summed E-state index contributed by atoms with van der Waals surface area (Å²) in [5.74, 6) is 0. The van der Waals surface area contributed by atoms with Crippen molar-refractivity contribution in [2.75, 3.05) is 6.61 Å². The molecule has 0 spiro atoms. The van der Waals surface area contributed by atoms with E-state index in [9.17, 15) is 10.2 Å². The van der Waals surface area contributed by atoms with Gasteiger partial charge in [-0.05, 0) is 5.56 Å². The minimum atomic E-state index is -1.32. The Labute approximate surface area is 88.4 Å². The highest BCUT2D eigenvalue weighted by Crippen LogP contribution is 2.08. The number of rotatable bonds is 5. The van der Waals surface area contributed by atoms with E-state index in [-0.39, 0.29) is 6.42 Å². The van der Waals surface area contributed by atoms with Crippen molar-refractivity contribution in [3.05, 3.63) is 35.9 Å². The largest absolute Gasteiger partial charge is 0.394 e. The summed E-state index contributed by atoms with van der Waals surface area (Å²) in [6.07, 6.45) is -3.45. The molecule has 0 saturated heterocycles. The molecule has 3 atom stereocenters. The molecular weight excluding hydrogens is 196 g/mol. The molecule has 84 valence electrons. The molecule has 0 bridgehead atoms. The maximum Gasteiger partial charge on any atom is 0.108 e. The van der Waals surface area contributed by atoms with E-state index in [0.29, 0.717) is 0 Å². The van der Waals surface area contributed by atoms with Crippen LogP contribution in [0.5, 0.6) is 0 Å². The topological polar surface area (TPSA) is 80.9 Å². The molecule has 0 aliphatic heterocycles. The van der Waals surface area contributed by atoms with E-state index < -0.39 is 24.9 Å². The molecule has 0 saturated carbocycles. The second-order valence-corrected chi connectivity index (χ2v) is 3.50. The van der Waals surface area contributed by atoms with Crippen LogP contribution in [0.15, 0.2) is 30.3 Å². The second kappa shape index (κ2) is 5.82. The van der Waals surface area contributed by atoms with Crippen LogP contribution in [-0.2, 0) is 6.42 Å². The van der Waals surface area contributed by atoms with Gasteiger partial charge < -0.3 is 20.4 Å². The third-order valence-corrected chi connectivity index (χ3v) is 2.26. The molecule has 0 heterocycles. The summed E-state index contributed by atoms with van der Waals surface area (Å²) in [4.78, 5) is 0. The van der Waals surface area contributed by atoms with Gasteiger partial charge in [-0.25, -0.2) is 0 Å². The van der Waals surface area contributed by atoms with Crippen molar-refractivity contribution < 1.29 is 20.4 Å². The summed E-state index contributed by atoms with van der Waals surface area (Å²) < 4.78 is 0. The van der Waals surface area contributed by atoms with Crippen LogP contribution in [0.25, 0.3) is 0 Å². The molecule has 0 unspecified atom stereocenters. The number of aliphatic hydroxyl groups excluding tert-OH is 4. The van der Waals surface area contributed by atoms with Gasteiger partial charge in [0.2, 0.25) is 0 Å². The van der Waals surface area contributed by atoms with Gasteiger partial charge in [-0.1, -0.05) is 30.3 Å². The molecule has 4 N–H and O–H groups in total. The summed E-state index contributed by atoms with van der Waals surface area (Å²) in [6, 6.07) is 9.16. The predicted octanol–water partition coefficient (Wildman–Crippen LogP) is -0.696. The fourth-order valence-corrected chi connectivity index (χ4v) is 1.34. The number of hydrogen-bond acceptors (Lipinski definition) is 4. The van der Waals surface area contributed by atoms with Crippen molar-refractivity contribution in [3.63, 3.8) is 0 Å². The SMILES string of the molecule is OC[C@@H](O)[C@@H](O)[C@@H](O)Cc1ccccc1. The van der Waals surface area contributed by atoms with Gasteiger partial charge in [-0.15, -0.1) is 0 Å². The van der Waals surface area contributed by atoms with E-state index >= 15 is 0 Å². The number of hydrogen-bond donors (Lipinski definition) is 4. The molecule has 4 heteroatoms. The Hall–Kier alpha value is -0.940. The van der Waals surface area contributed by atoms with Gasteiger partial charge >= 0.3 is 0 Å². The molecule has 0 aromatic heterocycles. The first-order valence-electron chi connectivity index (χ1n) is 4.84. The van der Waals surface area contributed by atoms with Gasteiger partial charge in [0.1, 0.15) is 12.2 Å². The highest BCUT2D eigenvalue weighted by molar-refractivity contribution is 5.15. The van der Waals surface area contributed by atoms with Crippen molar-refractivity contribution in [1.82, 2.24) is 0 Å². The third kappa shape index (κ3) is 3.60. The van der Waals surface area contributed by atoms with Gasteiger partial charge in [0.05, 0.1) is 12.7 Å². The minimum Gasteiger partial charge on any atom is -0.394 e. The summed E-state index contributed by atoms with van der Waals surface area (Å²) in [5, 5.41) is 36.7. The van der Waals surface area contributed by atoms with Gasteiger partial charge in [0.25, 0.3) is 0 Å². The second-order valence-electron chi connectivity index (χ2n) is 3.50. The van der Waals surface area contributed by atoms with Gasteiger partial charge in [0, 0.05) is 6.42 Å². The average molecular weight is 212 g/mol. The Morgan fingerprint density at radius 3 is 2.07 bits per heavy atom. The van der Waals surface area contributed by atoms with Crippen molar-refractivity contribution in [1.29, 1.82) is 0 Å². The zero-order valence-corrected chi connectivity index (χ0v) is 8.32. The lowest BCUT2D eigenvalue weighted by atomic mass is 10.0. The molecule has 0 aliphatic carbocycles. The Morgan fingerprint density at radius 2 is 1.53 bits per heavy atom. The number of benzene rings is 1. The lowest BCUT2D eigenvalue weighted by Gasteiger charge is -2.21. The van der Waals surface area contributed by atoms with Crippen LogP contribution in [0, 0.1) is 0 Å². The smallest absolute Gasteiger partial charge is 0.108 e. The standard InChI is InChI=1S/C11H16O4/c12-7-10(14)11(15)9(13)6-8-4-2-1-3-5-8/h1-5,9-15H,6-7H2/t9-,10+,11-/m0/s1. The Balaban J connectivity index is 2.52. The van der Waals surface area contributed by atoms with E-state index in [1.807, 2.05) is 30.3 Å². The maximum absolute atomic E-state index is 9.55. The van der Waals surface area contributed by atoms with Crippen LogP contribution in [-0.4, -0.2) is 45.3 Å². The summed E-state index contributed by atoms with van der Waals surface area (Å²) in [7, 11) is 0. The summed E-state index contributed by atoms with van der Waals surface area (Å²) in [6.45, 7) is -0.562. The monoisotopic (exact) mass is 212 g/mol. The summed E-state index contributed by atoms with van der Waals surface area (Å²) >= 11 is 0. The third-order valence-electron chi connectivity index (χ3n) is 2.26. The minimum absolute atomic E-state index is 0.249. The predicted molar refractivity (Wildman–Crippen MR) is 55.3 cm³/mol. The normalized spacial score (nSPS) is 17.1. The van der Waals surface area contributed by atoms with Crippen molar-refractivity contribution in [3.8, 4) is 0 Å². The molecule has 0 aliphatic rings. The molecule has 1 aromatic rings. The van der Waals surface area contributed by atoms with Crippen LogP contribution in [0.3, 0.4) is 0 Å². The van der Waals surface area contributed by atoms with Crippen molar-refractivity contribution >= 4 is 0 Å². The van der Waals surface area contributed by atoms with E-state index in [2.05, 4.69) is 0 Å². The molecule has 0 radical (unpaired) electrons. The Bertz CT molecular complexity index is 275. The highest BCUT2D eigenvalue weighted by Gasteiger charge is 2.23. The van der Waals surface area contributed by atoms with Crippen LogP contribution in [0.2, 0.25) is 0 Å². The zero-order chi connectivity index (χ0) is 11.3. The van der Waals surface area contributed by atoms with Crippen LogP contribution < -0.4 is 0 Å². The first-order valence-corrected chi connectivity index (χ1v) is 4.84. The number of aliphatic hydroxyl groups is 4. The quantitative estimate of drug-likeness (QED) is 0.520. The van der Waals surface area contributed by atoms with E-state index in [0.717, 1.165) is 5.56 Å². The fourth-order valence-electron chi connectivity index (χ4n) is 1.34. The van der Waals surface area contributed by atoms with Gasteiger partial charge in [-0.2, -0.15) is 0 Å². The average Bonchev–Trinajstić information content (AvgIpc) is 2.28. The lowest BCUT2D eigenvalue weighted by Crippen LogP contribution is -2.40. The van der Waals surface area contributed by atoms with E-state index in [4.69, 9.17) is 10.2 Å². The first kappa shape index (κ1) is 12.1. The highest BCUT2D eigenvalue weighted by atomic mass is 16.4. The first-order chi connectivity index (χ1) is 7.15. The van der Waals surface area contributed by atoms with Crippen LogP contribution >= 0.6 is 0 Å². The molecule has 4 nitrogen and oxygen atoms in total. The van der Waals surface area contributed by atoms with Crippen molar-refractivity contribution in [2.45, 2.75) is 24.7 Å². The Morgan fingerprint density at radius 1 is 0.933 bits per heavy atom. The van der Waals surface area contributed by atoms with Gasteiger partial charge in [0.15, 0.2) is 0 Å².